The molecule has 3 aromatic heterocycles. The van der Waals surface area contributed by atoms with Gasteiger partial charge in [-0.3, -0.25) is 9.78 Å². The molecule has 0 aliphatic rings. The van der Waals surface area contributed by atoms with Crippen LogP contribution in [0.3, 0.4) is 0 Å². The van der Waals surface area contributed by atoms with Gasteiger partial charge < -0.3 is 24.4 Å². The SMILES string of the molecule is CCOc1ccc2[nH]c(=O)c(CN(Cc3cccnc3)C(=S)NCc3ccco3)cc2c1. The number of thiocarbonyl (C=S) groups is 1. The second-order valence-electron chi connectivity index (χ2n) is 7.26. The monoisotopic (exact) mass is 448 g/mol. The molecule has 0 saturated carbocycles. The highest BCUT2D eigenvalue weighted by Crippen LogP contribution is 2.20. The summed E-state index contributed by atoms with van der Waals surface area (Å²) in [6.07, 6.45) is 5.14. The Balaban J connectivity index is 1.60. The number of aromatic amines is 1. The zero-order valence-electron chi connectivity index (χ0n) is 17.7. The third-order valence-electron chi connectivity index (χ3n) is 4.94. The highest BCUT2D eigenvalue weighted by molar-refractivity contribution is 7.80. The lowest BCUT2D eigenvalue weighted by Crippen LogP contribution is -2.39. The summed E-state index contributed by atoms with van der Waals surface area (Å²) in [7, 11) is 0. The molecular weight excluding hydrogens is 424 g/mol. The molecule has 164 valence electrons. The second-order valence-corrected chi connectivity index (χ2v) is 7.65. The van der Waals surface area contributed by atoms with Crippen molar-refractivity contribution in [3.8, 4) is 5.75 Å². The minimum absolute atomic E-state index is 0.147. The Hall–Kier alpha value is -3.65. The fraction of sp³-hybridized carbons (Fsp3) is 0.208. The Morgan fingerprint density at radius 1 is 1.22 bits per heavy atom. The summed E-state index contributed by atoms with van der Waals surface area (Å²) in [4.78, 5) is 21.9. The predicted molar refractivity (Wildman–Crippen MR) is 127 cm³/mol. The molecule has 0 spiro atoms. The fourth-order valence-corrected chi connectivity index (χ4v) is 3.61. The van der Waals surface area contributed by atoms with Crippen molar-refractivity contribution in [1.82, 2.24) is 20.2 Å². The van der Waals surface area contributed by atoms with E-state index < -0.39 is 0 Å². The molecule has 0 amide bonds. The molecule has 7 nitrogen and oxygen atoms in total. The molecule has 8 heteroatoms. The maximum absolute atomic E-state index is 12.8. The lowest BCUT2D eigenvalue weighted by molar-refractivity contribution is 0.340. The average Bonchev–Trinajstić information content (AvgIpc) is 3.32. The number of nitrogens with one attached hydrogen (secondary N) is 2. The molecule has 4 aromatic rings. The number of hydrogen-bond acceptors (Lipinski definition) is 5. The molecule has 4 rings (SSSR count). The van der Waals surface area contributed by atoms with E-state index in [4.69, 9.17) is 21.4 Å². The minimum atomic E-state index is -0.147. The van der Waals surface area contributed by atoms with Gasteiger partial charge in [0.1, 0.15) is 11.5 Å². The molecule has 0 fully saturated rings. The number of H-pyrrole nitrogens is 1. The van der Waals surface area contributed by atoms with Gasteiger partial charge in [0.25, 0.3) is 5.56 Å². The van der Waals surface area contributed by atoms with Crippen LogP contribution in [0.1, 0.15) is 23.8 Å². The summed E-state index contributed by atoms with van der Waals surface area (Å²) < 4.78 is 11.0. The molecule has 0 aliphatic carbocycles. The van der Waals surface area contributed by atoms with Crippen molar-refractivity contribution in [1.29, 1.82) is 0 Å². The number of hydrogen-bond donors (Lipinski definition) is 2. The Morgan fingerprint density at radius 3 is 2.88 bits per heavy atom. The Kier molecular flexibility index (Phi) is 6.81. The van der Waals surface area contributed by atoms with Crippen molar-refractivity contribution in [2.75, 3.05) is 6.61 Å². The van der Waals surface area contributed by atoms with E-state index in [1.165, 1.54) is 0 Å². The van der Waals surface area contributed by atoms with Crippen LogP contribution >= 0.6 is 12.2 Å². The van der Waals surface area contributed by atoms with Crippen LogP contribution in [0, 0.1) is 0 Å². The van der Waals surface area contributed by atoms with Gasteiger partial charge in [-0.05, 0) is 67.2 Å². The van der Waals surface area contributed by atoms with Crippen LogP contribution < -0.4 is 15.6 Å². The van der Waals surface area contributed by atoms with E-state index in [2.05, 4.69) is 15.3 Å². The van der Waals surface area contributed by atoms with E-state index in [0.29, 0.717) is 36.9 Å². The smallest absolute Gasteiger partial charge is 0.253 e. The number of benzene rings is 1. The van der Waals surface area contributed by atoms with E-state index >= 15 is 0 Å². The minimum Gasteiger partial charge on any atom is -0.494 e. The summed E-state index contributed by atoms with van der Waals surface area (Å²) >= 11 is 5.66. The van der Waals surface area contributed by atoms with Crippen molar-refractivity contribution in [3.63, 3.8) is 0 Å². The van der Waals surface area contributed by atoms with Gasteiger partial charge >= 0.3 is 0 Å². The lowest BCUT2D eigenvalue weighted by Gasteiger charge is -2.25. The van der Waals surface area contributed by atoms with Gasteiger partial charge in [-0.1, -0.05) is 6.07 Å². The largest absolute Gasteiger partial charge is 0.494 e. The zero-order chi connectivity index (χ0) is 22.3. The highest BCUT2D eigenvalue weighted by atomic mass is 32.1. The summed E-state index contributed by atoms with van der Waals surface area (Å²) in [6, 6.07) is 15.1. The van der Waals surface area contributed by atoms with E-state index in [0.717, 1.165) is 28.0 Å². The van der Waals surface area contributed by atoms with E-state index in [9.17, 15) is 4.79 Å². The van der Waals surface area contributed by atoms with Gasteiger partial charge in [-0.2, -0.15) is 0 Å². The van der Waals surface area contributed by atoms with E-state index in [-0.39, 0.29) is 5.56 Å². The van der Waals surface area contributed by atoms with Gasteiger partial charge in [-0.25, -0.2) is 0 Å². The maximum Gasteiger partial charge on any atom is 0.253 e. The Morgan fingerprint density at radius 2 is 2.12 bits per heavy atom. The van der Waals surface area contributed by atoms with Crippen LogP contribution in [0.15, 0.2) is 76.4 Å². The first kappa shape index (κ1) is 21.6. The highest BCUT2D eigenvalue weighted by Gasteiger charge is 2.15. The molecule has 3 heterocycles. The third kappa shape index (κ3) is 5.33. The van der Waals surface area contributed by atoms with Crippen LogP contribution in [0.5, 0.6) is 5.75 Å². The van der Waals surface area contributed by atoms with Gasteiger partial charge in [-0.15, -0.1) is 0 Å². The average molecular weight is 449 g/mol. The predicted octanol–water partition coefficient (Wildman–Crippen LogP) is 3.99. The van der Waals surface area contributed by atoms with E-state index in [1.807, 2.05) is 60.4 Å². The van der Waals surface area contributed by atoms with Crippen molar-refractivity contribution in [3.05, 3.63) is 94.4 Å². The Bertz CT molecular complexity index is 1240. The van der Waals surface area contributed by atoms with Crippen LogP contribution in [-0.2, 0) is 19.6 Å². The summed E-state index contributed by atoms with van der Waals surface area (Å²) in [6.45, 7) is 3.82. The van der Waals surface area contributed by atoms with Crippen molar-refractivity contribution < 1.29 is 9.15 Å². The molecular formula is C24H24N4O3S. The van der Waals surface area contributed by atoms with E-state index in [1.54, 1.807) is 18.7 Å². The molecule has 0 radical (unpaired) electrons. The van der Waals surface area contributed by atoms with Gasteiger partial charge in [0.15, 0.2) is 5.11 Å². The molecule has 32 heavy (non-hydrogen) atoms. The first-order valence-corrected chi connectivity index (χ1v) is 10.8. The van der Waals surface area contributed by atoms with Crippen LogP contribution in [0.2, 0.25) is 0 Å². The molecule has 0 aliphatic heterocycles. The molecule has 0 atom stereocenters. The number of aromatic nitrogens is 2. The summed E-state index contributed by atoms with van der Waals surface area (Å²) in [5, 5.41) is 4.64. The number of ether oxygens (including phenoxy) is 1. The summed E-state index contributed by atoms with van der Waals surface area (Å²) in [5.74, 6) is 1.54. The molecule has 0 saturated heterocycles. The van der Waals surface area contributed by atoms with Crippen molar-refractivity contribution >= 4 is 28.2 Å². The zero-order valence-corrected chi connectivity index (χ0v) is 18.5. The van der Waals surface area contributed by atoms with Crippen LogP contribution in [0.4, 0.5) is 0 Å². The first-order valence-electron chi connectivity index (χ1n) is 10.3. The lowest BCUT2D eigenvalue weighted by atomic mass is 10.1. The van der Waals surface area contributed by atoms with Crippen molar-refractivity contribution in [2.45, 2.75) is 26.6 Å². The van der Waals surface area contributed by atoms with Gasteiger partial charge in [0.2, 0.25) is 0 Å². The number of furan rings is 1. The molecule has 1 aromatic carbocycles. The normalized spacial score (nSPS) is 10.8. The molecule has 2 N–H and O–H groups in total. The number of fused-ring (bicyclic) bond motifs is 1. The van der Waals surface area contributed by atoms with Crippen molar-refractivity contribution in [2.24, 2.45) is 0 Å². The third-order valence-corrected chi connectivity index (χ3v) is 5.34. The number of pyridine rings is 2. The van der Waals surface area contributed by atoms with Gasteiger partial charge in [0, 0.05) is 35.4 Å². The standard InChI is InChI=1S/C24H24N4O3S/c1-2-30-20-7-8-22-18(12-20)11-19(23(29)27-22)16-28(15-17-5-3-9-25-13-17)24(32)26-14-21-6-4-10-31-21/h3-13H,2,14-16H2,1H3,(H,26,32)(H,27,29). The maximum atomic E-state index is 12.8. The van der Waals surface area contributed by atoms with Crippen LogP contribution in [0.25, 0.3) is 10.9 Å². The fourth-order valence-electron chi connectivity index (χ4n) is 3.41. The molecule has 0 bridgehead atoms. The topological polar surface area (TPSA) is 83.4 Å². The van der Waals surface area contributed by atoms with Crippen LogP contribution in [-0.4, -0.2) is 26.6 Å². The molecule has 0 unspecified atom stereocenters. The number of rotatable bonds is 8. The number of nitrogens with zero attached hydrogens (tertiary/aromatic N) is 2. The Labute approximate surface area is 191 Å². The quantitative estimate of drug-likeness (QED) is 0.394. The summed E-state index contributed by atoms with van der Waals surface area (Å²) in [5.41, 5.74) is 2.22. The first-order chi connectivity index (χ1) is 15.6. The second kappa shape index (κ2) is 10.1. The van der Waals surface area contributed by atoms with Gasteiger partial charge in [0.05, 0.1) is 26.0 Å².